The van der Waals surface area contributed by atoms with E-state index in [0.29, 0.717) is 10.8 Å². The molecule has 0 aliphatic heterocycles. The molecular weight excluding hydrogens is 445 g/mol. The Balaban J connectivity index is 2.15. The lowest BCUT2D eigenvalue weighted by molar-refractivity contribution is 0.521. The maximum Gasteiger partial charge on any atom is 0.242 e. The van der Waals surface area contributed by atoms with E-state index in [1.807, 2.05) is 24.3 Å². The minimum absolute atomic E-state index is 0.213. The number of nitrogens with one attached hydrogen (secondary N) is 2. The largest absolute Gasteiger partial charge is 0.332 e. The van der Waals surface area contributed by atoms with Gasteiger partial charge in [0.1, 0.15) is 0 Å². The summed E-state index contributed by atoms with van der Waals surface area (Å²) in [5.41, 5.74) is 1.50. The minimum Gasteiger partial charge on any atom is -0.332 e. The summed E-state index contributed by atoms with van der Waals surface area (Å²) in [5.74, 6) is 0. The molecule has 0 heterocycles. The third-order valence-corrected chi connectivity index (χ3v) is 5.95. The van der Waals surface area contributed by atoms with Gasteiger partial charge in [0.25, 0.3) is 0 Å². The van der Waals surface area contributed by atoms with Crippen LogP contribution in [0.1, 0.15) is 0 Å². The summed E-state index contributed by atoms with van der Waals surface area (Å²) in [7, 11) is -0.474. The van der Waals surface area contributed by atoms with Gasteiger partial charge in [-0.3, -0.25) is 0 Å². The first-order valence-electron chi connectivity index (χ1n) is 6.66. The van der Waals surface area contributed by atoms with E-state index in [2.05, 4.69) is 33.2 Å². The van der Waals surface area contributed by atoms with E-state index in [1.165, 1.54) is 18.4 Å². The van der Waals surface area contributed by atoms with E-state index in [-0.39, 0.29) is 4.90 Å². The molecule has 2 aromatic rings. The first-order valence-corrected chi connectivity index (χ1v) is 9.58. The molecule has 0 fully saturated rings. The highest BCUT2D eigenvalue weighted by molar-refractivity contribution is 14.1. The van der Waals surface area contributed by atoms with Crippen LogP contribution in [0.25, 0.3) is 0 Å². The zero-order valence-electron chi connectivity index (χ0n) is 12.6. The van der Waals surface area contributed by atoms with Crippen LogP contribution in [-0.4, -0.2) is 31.9 Å². The Morgan fingerprint density at radius 1 is 1.09 bits per heavy atom. The molecule has 8 heteroatoms. The summed E-state index contributed by atoms with van der Waals surface area (Å²) in [6.45, 7) is 0. The Morgan fingerprint density at radius 3 is 2.43 bits per heavy atom. The first-order chi connectivity index (χ1) is 10.8. The number of benzene rings is 2. The fourth-order valence-electron chi connectivity index (χ4n) is 1.79. The maximum absolute atomic E-state index is 12.2. The van der Waals surface area contributed by atoms with Crippen LogP contribution in [0.5, 0.6) is 0 Å². The van der Waals surface area contributed by atoms with E-state index < -0.39 is 10.0 Å². The van der Waals surface area contributed by atoms with Crippen molar-refractivity contribution < 1.29 is 8.42 Å². The van der Waals surface area contributed by atoms with Crippen molar-refractivity contribution in [3.05, 3.63) is 52.1 Å². The normalized spacial score (nSPS) is 11.3. The lowest BCUT2D eigenvalue weighted by Gasteiger charge is -2.14. The van der Waals surface area contributed by atoms with E-state index in [1.54, 1.807) is 24.3 Å². The summed E-state index contributed by atoms with van der Waals surface area (Å²) >= 11 is 7.49. The molecule has 0 amide bonds. The number of hydrogen-bond donors (Lipinski definition) is 2. The number of sulfonamides is 1. The molecule has 0 bridgehead atoms. The van der Waals surface area contributed by atoms with Gasteiger partial charge in [-0.1, -0.05) is 18.2 Å². The highest BCUT2D eigenvalue weighted by atomic mass is 127. The quantitative estimate of drug-likeness (QED) is 0.541. The highest BCUT2D eigenvalue weighted by Crippen LogP contribution is 2.20. The van der Waals surface area contributed by atoms with Gasteiger partial charge in [0.2, 0.25) is 10.0 Å². The van der Waals surface area contributed by atoms with Crippen molar-refractivity contribution in [3.8, 4) is 0 Å². The topological polar surface area (TPSA) is 61.4 Å². The molecule has 2 rings (SSSR count). The molecule has 0 aliphatic rings. The molecule has 0 unspecified atom stereocenters. The fourth-order valence-corrected chi connectivity index (χ4v) is 3.49. The molecule has 0 aromatic heterocycles. The predicted molar refractivity (Wildman–Crippen MR) is 106 cm³/mol. The van der Waals surface area contributed by atoms with E-state index in [9.17, 15) is 8.42 Å². The fraction of sp³-hybridized carbons (Fsp3) is 0.133. The van der Waals surface area contributed by atoms with Gasteiger partial charge in [-0.05, 0) is 65.1 Å². The third kappa shape index (κ3) is 4.63. The monoisotopic (exact) mass is 461 g/mol. The van der Waals surface area contributed by atoms with Crippen molar-refractivity contribution in [1.82, 2.24) is 4.31 Å². The Morgan fingerprint density at radius 2 is 1.78 bits per heavy atom. The molecule has 2 aromatic carbocycles. The van der Waals surface area contributed by atoms with Crippen molar-refractivity contribution in [3.63, 3.8) is 0 Å². The van der Waals surface area contributed by atoms with E-state index in [4.69, 9.17) is 12.2 Å². The molecule has 0 radical (unpaired) electrons. The Bertz CT molecular complexity index is 823. The molecule has 0 aliphatic carbocycles. The van der Waals surface area contributed by atoms with Crippen molar-refractivity contribution in [2.45, 2.75) is 4.90 Å². The molecule has 0 spiro atoms. The second-order valence-corrected chi connectivity index (χ2v) is 8.60. The molecule has 0 atom stereocenters. The smallest absolute Gasteiger partial charge is 0.242 e. The number of para-hydroxylation sites is 1. The Labute approximate surface area is 155 Å². The zero-order valence-corrected chi connectivity index (χ0v) is 16.4. The number of anilines is 2. The average molecular weight is 461 g/mol. The molecule has 0 saturated carbocycles. The summed E-state index contributed by atoms with van der Waals surface area (Å²) in [6.07, 6.45) is 0. The third-order valence-electron chi connectivity index (χ3n) is 2.99. The number of nitrogens with zero attached hydrogens (tertiary/aromatic N) is 1. The lowest BCUT2D eigenvalue weighted by Crippen LogP contribution is -2.23. The van der Waals surface area contributed by atoms with Crippen molar-refractivity contribution in [2.24, 2.45) is 0 Å². The first kappa shape index (κ1) is 18.1. The zero-order chi connectivity index (χ0) is 17.0. The van der Waals surface area contributed by atoms with Gasteiger partial charge in [-0.2, -0.15) is 0 Å². The second-order valence-electron chi connectivity index (χ2n) is 4.87. The van der Waals surface area contributed by atoms with Crippen LogP contribution in [0.15, 0.2) is 53.4 Å². The van der Waals surface area contributed by atoms with Gasteiger partial charge in [0.05, 0.1) is 10.6 Å². The minimum atomic E-state index is -3.47. The van der Waals surface area contributed by atoms with Crippen LogP contribution in [0.3, 0.4) is 0 Å². The molecule has 0 saturated heterocycles. The van der Waals surface area contributed by atoms with Crippen LogP contribution in [0, 0.1) is 3.57 Å². The summed E-state index contributed by atoms with van der Waals surface area (Å²) in [5, 5.41) is 6.49. The highest BCUT2D eigenvalue weighted by Gasteiger charge is 2.17. The van der Waals surface area contributed by atoms with Crippen LogP contribution in [-0.2, 0) is 10.0 Å². The summed E-state index contributed by atoms with van der Waals surface area (Å²) in [4.78, 5) is 0.213. The van der Waals surface area contributed by atoms with Gasteiger partial charge < -0.3 is 10.6 Å². The van der Waals surface area contributed by atoms with Crippen molar-refractivity contribution in [1.29, 1.82) is 0 Å². The Kier molecular flexibility index (Phi) is 5.95. The molecule has 122 valence electrons. The average Bonchev–Trinajstić information content (AvgIpc) is 2.49. The second kappa shape index (κ2) is 7.56. The molecule has 5 nitrogen and oxygen atoms in total. The van der Waals surface area contributed by atoms with Gasteiger partial charge in [-0.15, -0.1) is 0 Å². The summed E-state index contributed by atoms with van der Waals surface area (Å²) < 4.78 is 26.5. The molecular formula is C15H16IN3O2S2. The van der Waals surface area contributed by atoms with E-state index in [0.717, 1.165) is 9.26 Å². The number of thiocarbonyl (C=S) groups is 1. The maximum atomic E-state index is 12.2. The van der Waals surface area contributed by atoms with Gasteiger partial charge >= 0.3 is 0 Å². The Hall–Kier alpha value is -1.23. The van der Waals surface area contributed by atoms with Gasteiger partial charge in [-0.25, -0.2) is 12.7 Å². The number of halogens is 1. The number of hydrogen-bond acceptors (Lipinski definition) is 3. The number of rotatable bonds is 4. The van der Waals surface area contributed by atoms with Crippen LogP contribution in [0.4, 0.5) is 11.4 Å². The van der Waals surface area contributed by atoms with Crippen LogP contribution in [0.2, 0.25) is 0 Å². The van der Waals surface area contributed by atoms with Crippen molar-refractivity contribution in [2.75, 3.05) is 24.7 Å². The molecule has 23 heavy (non-hydrogen) atoms. The van der Waals surface area contributed by atoms with Gasteiger partial charge in [0.15, 0.2) is 5.11 Å². The van der Waals surface area contributed by atoms with Crippen LogP contribution < -0.4 is 10.6 Å². The lowest BCUT2D eigenvalue weighted by atomic mass is 10.3. The van der Waals surface area contributed by atoms with E-state index >= 15 is 0 Å². The molecule has 2 N–H and O–H groups in total. The standard InChI is InChI=1S/C15H16IN3O2S2/c1-19(2)23(20,21)12-7-5-6-11(10-12)17-15(22)18-14-9-4-3-8-13(14)16/h3-10H,1-2H3,(H2,17,18,22). The SMILES string of the molecule is CN(C)S(=O)(=O)c1cccc(NC(=S)Nc2ccccc2I)c1. The van der Waals surface area contributed by atoms with Crippen LogP contribution >= 0.6 is 34.8 Å². The predicted octanol–water partition coefficient (Wildman–Crippen LogP) is 3.35. The van der Waals surface area contributed by atoms with Gasteiger partial charge in [0, 0.05) is 23.4 Å². The van der Waals surface area contributed by atoms with Crippen molar-refractivity contribution >= 4 is 61.3 Å². The summed E-state index contributed by atoms with van der Waals surface area (Å²) in [6, 6.07) is 14.3.